The molecule has 10 heteroatoms. The fraction of sp³-hybridized carbons (Fsp3) is 0.273. The van der Waals surface area contributed by atoms with Crippen LogP contribution in [0.2, 0.25) is 0 Å². The van der Waals surface area contributed by atoms with Gasteiger partial charge in [-0.3, -0.25) is 14.4 Å². The normalized spacial score (nSPS) is 14.8. The number of carbonyl (C=O) groups is 2. The van der Waals surface area contributed by atoms with Gasteiger partial charge in [0.2, 0.25) is 0 Å². The van der Waals surface area contributed by atoms with Crippen LogP contribution in [0.5, 0.6) is 0 Å². The Hall–Kier alpha value is -4.80. The molecule has 5 rings (SSSR count). The van der Waals surface area contributed by atoms with Gasteiger partial charge >= 0.3 is 0 Å². The van der Waals surface area contributed by atoms with Gasteiger partial charge in [0.15, 0.2) is 5.82 Å². The molecule has 10 nitrogen and oxygen atoms in total. The molecule has 1 saturated heterocycles. The molecule has 0 radical (unpaired) electrons. The second kappa shape index (κ2) is 12.2. The summed E-state index contributed by atoms with van der Waals surface area (Å²) in [5.74, 6) is -0.368. The zero-order valence-electron chi connectivity index (χ0n) is 24.6. The van der Waals surface area contributed by atoms with E-state index < -0.39 is 11.7 Å². The summed E-state index contributed by atoms with van der Waals surface area (Å²) in [6.07, 6.45) is 2.74. The Kier molecular flexibility index (Phi) is 8.43. The molecular weight excluding hydrogens is 546 g/mol. The minimum Gasteiger partial charge on any atom is -0.386 e. The zero-order chi connectivity index (χ0) is 30.7. The zero-order valence-corrected chi connectivity index (χ0v) is 24.6. The van der Waals surface area contributed by atoms with E-state index in [2.05, 4.69) is 20.9 Å². The summed E-state index contributed by atoms with van der Waals surface area (Å²) in [5.41, 5.74) is 3.67. The van der Waals surface area contributed by atoms with E-state index in [0.717, 1.165) is 17.5 Å². The van der Waals surface area contributed by atoms with E-state index in [1.165, 1.54) is 4.57 Å². The predicted octanol–water partition coefficient (Wildman–Crippen LogP) is 5.10. The highest BCUT2D eigenvalue weighted by atomic mass is 16.5. The smallest absolute Gasteiger partial charge is 0.293 e. The van der Waals surface area contributed by atoms with Gasteiger partial charge in [0, 0.05) is 48.0 Å². The highest BCUT2D eigenvalue weighted by molar-refractivity contribution is 6.05. The SMILES string of the molecule is Cc1c(NC(=O)c2ccc(C(C)(C)O)cc2)cccc1-c1cn(C)c(=O)c(Nc2cccc(NC(=O)[C@@H]3CCCO3)c2)n1. The maximum atomic E-state index is 13.0. The van der Waals surface area contributed by atoms with E-state index in [1.807, 2.05) is 19.1 Å². The number of hydrogen-bond acceptors (Lipinski definition) is 7. The minimum atomic E-state index is -1.00. The molecule has 2 heterocycles. The van der Waals surface area contributed by atoms with Crippen LogP contribution in [-0.4, -0.2) is 39.2 Å². The molecule has 0 saturated carbocycles. The Bertz CT molecular complexity index is 1720. The van der Waals surface area contributed by atoms with Crippen LogP contribution in [-0.2, 0) is 22.2 Å². The highest BCUT2D eigenvalue weighted by Crippen LogP contribution is 2.29. The number of amides is 2. The van der Waals surface area contributed by atoms with Gasteiger partial charge in [-0.15, -0.1) is 0 Å². The summed E-state index contributed by atoms with van der Waals surface area (Å²) in [6, 6.07) is 19.4. The molecular formula is C33H35N5O5. The van der Waals surface area contributed by atoms with Crippen molar-refractivity contribution in [3.05, 3.63) is 100.0 Å². The summed E-state index contributed by atoms with van der Waals surface area (Å²) >= 11 is 0. The first kappa shape index (κ1) is 29.7. The number of nitrogens with one attached hydrogen (secondary N) is 3. The van der Waals surface area contributed by atoms with Gasteiger partial charge in [-0.05, 0) is 81.1 Å². The highest BCUT2D eigenvalue weighted by Gasteiger charge is 2.23. The van der Waals surface area contributed by atoms with Crippen molar-refractivity contribution in [1.29, 1.82) is 0 Å². The van der Waals surface area contributed by atoms with Gasteiger partial charge in [0.05, 0.1) is 11.3 Å². The molecule has 2 amide bonds. The molecule has 3 aromatic carbocycles. The van der Waals surface area contributed by atoms with Crippen LogP contribution in [0, 0.1) is 6.92 Å². The Morgan fingerprint density at radius 1 is 1.02 bits per heavy atom. The van der Waals surface area contributed by atoms with Gasteiger partial charge in [-0.1, -0.05) is 30.3 Å². The summed E-state index contributed by atoms with van der Waals surface area (Å²) in [7, 11) is 1.65. The lowest BCUT2D eigenvalue weighted by Crippen LogP contribution is -2.26. The van der Waals surface area contributed by atoms with E-state index in [-0.39, 0.29) is 23.2 Å². The molecule has 0 spiro atoms. The van der Waals surface area contributed by atoms with E-state index in [4.69, 9.17) is 4.74 Å². The molecule has 0 aliphatic carbocycles. The van der Waals surface area contributed by atoms with Crippen LogP contribution in [0.4, 0.5) is 22.9 Å². The molecule has 43 heavy (non-hydrogen) atoms. The number of anilines is 4. The number of nitrogens with zero attached hydrogens (tertiary/aromatic N) is 2. The first-order valence-electron chi connectivity index (χ1n) is 14.1. The van der Waals surface area contributed by atoms with Crippen molar-refractivity contribution in [3.63, 3.8) is 0 Å². The van der Waals surface area contributed by atoms with Crippen molar-refractivity contribution in [3.8, 4) is 11.3 Å². The predicted molar refractivity (Wildman–Crippen MR) is 167 cm³/mol. The molecule has 1 aromatic heterocycles. The third kappa shape index (κ3) is 6.82. The Morgan fingerprint density at radius 3 is 2.44 bits per heavy atom. The van der Waals surface area contributed by atoms with Crippen molar-refractivity contribution in [2.75, 3.05) is 22.6 Å². The number of benzene rings is 3. The first-order chi connectivity index (χ1) is 20.5. The van der Waals surface area contributed by atoms with Gasteiger partial charge in [-0.25, -0.2) is 4.98 Å². The molecule has 1 atom stereocenters. The van der Waals surface area contributed by atoms with Crippen LogP contribution in [0.1, 0.15) is 48.2 Å². The van der Waals surface area contributed by atoms with E-state index >= 15 is 0 Å². The van der Waals surface area contributed by atoms with Crippen molar-refractivity contribution in [2.45, 2.75) is 45.3 Å². The first-order valence-corrected chi connectivity index (χ1v) is 14.1. The molecule has 1 aliphatic heterocycles. The molecule has 222 valence electrons. The van der Waals surface area contributed by atoms with Crippen LogP contribution < -0.4 is 21.5 Å². The average molecular weight is 582 g/mol. The van der Waals surface area contributed by atoms with Crippen molar-refractivity contribution in [2.24, 2.45) is 7.05 Å². The number of aromatic nitrogens is 2. The largest absolute Gasteiger partial charge is 0.386 e. The second-order valence-corrected chi connectivity index (χ2v) is 11.2. The number of ether oxygens (including phenoxy) is 1. The molecule has 4 N–H and O–H groups in total. The summed E-state index contributed by atoms with van der Waals surface area (Å²) in [5, 5.41) is 19.1. The maximum absolute atomic E-state index is 13.0. The number of aliphatic hydroxyl groups is 1. The monoisotopic (exact) mass is 581 g/mol. The van der Waals surface area contributed by atoms with Crippen molar-refractivity contribution >= 4 is 34.7 Å². The van der Waals surface area contributed by atoms with E-state index in [1.54, 1.807) is 81.7 Å². The van der Waals surface area contributed by atoms with Crippen LogP contribution in [0.15, 0.2) is 77.7 Å². The summed E-state index contributed by atoms with van der Waals surface area (Å²) in [6.45, 7) is 5.84. The minimum absolute atomic E-state index is 0.114. The Balaban J connectivity index is 1.37. The fourth-order valence-electron chi connectivity index (χ4n) is 4.91. The number of aryl methyl sites for hydroxylation is 1. The van der Waals surface area contributed by atoms with E-state index in [9.17, 15) is 19.5 Å². The van der Waals surface area contributed by atoms with Crippen molar-refractivity contribution in [1.82, 2.24) is 9.55 Å². The molecule has 0 unspecified atom stereocenters. The standard InChI is InChI=1S/C33H35N5O5/c1-20-25(10-6-11-26(20)37-30(39)21-13-15-22(16-14-21)33(2,3)42)27-19-38(4)32(41)29(36-27)34-23-8-5-9-24(18-23)35-31(40)28-12-7-17-43-28/h5-6,8-11,13-16,18-19,28,42H,7,12,17H2,1-4H3,(H,34,36)(H,35,40)(H,37,39)/t28-/m0/s1. The Labute approximate surface area is 249 Å². The van der Waals surface area contributed by atoms with Crippen LogP contribution in [0.3, 0.4) is 0 Å². The van der Waals surface area contributed by atoms with E-state index in [0.29, 0.717) is 46.9 Å². The average Bonchev–Trinajstić information content (AvgIpc) is 3.52. The summed E-state index contributed by atoms with van der Waals surface area (Å²) < 4.78 is 6.91. The van der Waals surface area contributed by atoms with Gasteiger partial charge in [-0.2, -0.15) is 0 Å². The third-order valence-electron chi connectivity index (χ3n) is 7.40. The molecule has 4 aromatic rings. The number of carbonyl (C=O) groups excluding carboxylic acids is 2. The third-order valence-corrected chi connectivity index (χ3v) is 7.40. The van der Waals surface area contributed by atoms with Crippen LogP contribution in [0.25, 0.3) is 11.3 Å². The summed E-state index contributed by atoms with van der Waals surface area (Å²) in [4.78, 5) is 43.2. The van der Waals surface area contributed by atoms with Gasteiger partial charge in [0.1, 0.15) is 6.10 Å². The van der Waals surface area contributed by atoms with Crippen LogP contribution >= 0.6 is 0 Å². The lowest BCUT2D eigenvalue weighted by molar-refractivity contribution is -0.124. The Morgan fingerprint density at radius 2 is 1.74 bits per heavy atom. The quantitative estimate of drug-likeness (QED) is 0.228. The topological polar surface area (TPSA) is 135 Å². The second-order valence-electron chi connectivity index (χ2n) is 11.2. The fourth-order valence-corrected chi connectivity index (χ4v) is 4.91. The van der Waals surface area contributed by atoms with Crippen molar-refractivity contribution < 1.29 is 19.4 Å². The van der Waals surface area contributed by atoms with Gasteiger partial charge < -0.3 is 30.4 Å². The van der Waals surface area contributed by atoms with Gasteiger partial charge in [0.25, 0.3) is 17.4 Å². The maximum Gasteiger partial charge on any atom is 0.293 e. The molecule has 1 fully saturated rings. The molecule has 1 aliphatic rings. The number of hydrogen-bond donors (Lipinski definition) is 4. The number of rotatable bonds is 8. The molecule has 0 bridgehead atoms. The lowest BCUT2D eigenvalue weighted by Gasteiger charge is -2.18. The lowest BCUT2D eigenvalue weighted by atomic mass is 9.97.